The SMILES string of the molecule is C=C(Cl)C(=O)Nc1cc2c(Nc3cccc(Br)c3)c(C#N)cnc2cc1OCC. The number of carbonyl (C=O) groups excluding carboxylic acids is 1. The van der Waals surface area contributed by atoms with Gasteiger partial charge < -0.3 is 15.4 Å². The molecule has 0 aliphatic carbocycles. The van der Waals surface area contributed by atoms with Gasteiger partial charge in [0.2, 0.25) is 0 Å². The number of nitrogens with one attached hydrogen (secondary N) is 2. The van der Waals surface area contributed by atoms with Crippen molar-refractivity contribution in [3.63, 3.8) is 0 Å². The first kappa shape index (κ1) is 20.6. The summed E-state index contributed by atoms with van der Waals surface area (Å²) in [6.07, 6.45) is 1.50. The fourth-order valence-corrected chi connectivity index (χ4v) is 3.16. The molecular weight excluding hydrogens is 456 g/mol. The number of halogens is 2. The number of ether oxygens (including phenoxy) is 1. The molecule has 1 heterocycles. The molecule has 1 amide bonds. The van der Waals surface area contributed by atoms with Gasteiger partial charge in [-0.15, -0.1) is 0 Å². The van der Waals surface area contributed by atoms with Gasteiger partial charge in [0.25, 0.3) is 5.91 Å². The lowest BCUT2D eigenvalue weighted by atomic mass is 10.1. The maximum Gasteiger partial charge on any atom is 0.266 e. The molecule has 6 nitrogen and oxygen atoms in total. The average Bonchev–Trinajstić information content (AvgIpc) is 2.69. The van der Waals surface area contributed by atoms with Gasteiger partial charge in [-0.25, -0.2) is 0 Å². The van der Waals surface area contributed by atoms with Crippen LogP contribution in [0.3, 0.4) is 0 Å². The minimum absolute atomic E-state index is 0.149. The van der Waals surface area contributed by atoms with Crippen molar-refractivity contribution in [1.29, 1.82) is 5.26 Å². The Labute approximate surface area is 181 Å². The predicted octanol–water partition coefficient (Wildman–Crippen LogP) is 5.70. The summed E-state index contributed by atoms with van der Waals surface area (Å²) in [5.41, 5.74) is 2.73. The van der Waals surface area contributed by atoms with E-state index in [1.54, 1.807) is 12.1 Å². The number of amides is 1. The Morgan fingerprint density at radius 1 is 1.38 bits per heavy atom. The number of aromatic nitrogens is 1. The smallest absolute Gasteiger partial charge is 0.266 e. The quantitative estimate of drug-likeness (QED) is 0.450. The summed E-state index contributed by atoms with van der Waals surface area (Å²) >= 11 is 9.15. The zero-order valence-corrected chi connectivity index (χ0v) is 17.8. The van der Waals surface area contributed by atoms with Crippen LogP contribution in [0.4, 0.5) is 17.1 Å². The van der Waals surface area contributed by atoms with Gasteiger partial charge in [0.15, 0.2) is 0 Å². The van der Waals surface area contributed by atoms with E-state index in [4.69, 9.17) is 16.3 Å². The first-order valence-electron chi connectivity index (χ1n) is 8.61. The van der Waals surface area contributed by atoms with Crippen LogP contribution >= 0.6 is 27.5 Å². The second-order valence-corrected chi connectivity index (χ2v) is 7.32. The molecule has 0 aliphatic heterocycles. The summed E-state index contributed by atoms with van der Waals surface area (Å²) in [4.78, 5) is 16.4. The van der Waals surface area contributed by atoms with Gasteiger partial charge in [-0.3, -0.25) is 9.78 Å². The maximum absolute atomic E-state index is 12.1. The lowest BCUT2D eigenvalue weighted by Gasteiger charge is -2.16. The van der Waals surface area contributed by atoms with Gasteiger partial charge >= 0.3 is 0 Å². The van der Waals surface area contributed by atoms with Crippen LogP contribution in [-0.2, 0) is 4.79 Å². The van der Waals surface area contributed by atoms with Crippen LogP contribution in [0.5, 0.6) is 5.75 Å². The van der Waals surface area contributed by atoms with Crippen LogP contribution in [-0.4, -0.2) is 17.5 Å². The third kappa shape index (κ3) is 4.67. The molecule has 0 spiro atoms. The van der Waals surface area contributed by atoms with Crippen molar-refractivity contribution in [1.82, 2.24) is 4.98 Å². The van der Waals surface area contributed by atoms with Crippen LogP contribution in [0.1, 0.15) is 12.5 Å². The molecule has 0 bridgehead atoms. The van der Waals surface area contributed by atoms with E-state index in [-0.39, 0.29) is 5.03 Å². The molecule has 29 heavy (non-hydrogen) atoms. The van der Waals surface area contributed by atoms with E-state index in [2.05, 4.69) is 44.2 Å². The molecular formula is C21H16BrClN4O2. The van der Waals surface area contributed by atoms with E-state index >= 15 is 0 Å². The highest BCUT2D eigenvalue weighted by Crippen LogP contribution is 2.36. The van der Waals surface area contributed by atoms with Crippen LogP contribution < -0.4 is 15.4 Å². The Morgan fingerprint density at radius 2 is 2.17 bits per heavy atom. The number of benzene rings is 2. The molecule has 2 N–H and O–H groups in total. The Hall–Kier alpha value is -3.08. The molecule has 1 aromatic heterocycles. The Morgan fingerprint density at radius 3 is 2.83 bits per heavy atom. The van der Waals surface area contributed by atoms with Crippen LogP contribution in [0.25, 0.3) is 10.9 Å². The number of hydrogen-bond donors (Lipinski definition) is 2. The van der Waals surface area contributed by atoms with E-state index in [1.165, 1.54) is 6.20 Å². The standard InChI is InChI=1S/C21H16BrClN4O2/c1-3-29-19-9-17-16(8-18(19)27-21(28)12(2)23)20(13(10-24)11-25-17)26-15-6-4-5-14(22)7-15/h4-9,11H,2-3H2,1H3,(H,25,26)(H,27,28). The van der Waals surface area contributed by atoms with Gasteiger partial charge in [0.05, 0.1) is 34.1 Å². The van der Waals surface area contributed by atoms with Gasteiger partial charge in [0, 0.05) is 27.8 Å². The molecule has 8 heteroatoms. The Kier molecular flexibility index (Phi) is 6.37. The summed E-state index contributed by atoms with van der Waals surface area (Å²) < 4.78 is 6.53. The van der Waals surface area contributed by atoms with E-state index in [0.29, 0.717) is 40.2 Å². The van der Waals surface area contributed by atoms with Crippen molar-refractivity contribution in [3.05, 3.63) is 64.2 Å². The van der Waals surface area contributed by atoms with Gasteiger partial charge in [-0.05, 0) is 31.2 Å². The molecule has 0 saturated carbocycles. The second-order valence-electron chi connectivity index (χ2n) is 5.95. The zero-order valence-electron chi connectivity index (χ0n) is 15.4. The number of anilines is 3. The normalized spacial score (nSPS) is 10.3. The molecule has 0 fully saturated rings. The summed E-state index contributed by atoms with van der Waals surface area (Å²) in [6, 6.07) is 13.1. The lowest BCUT2D eigenvalue weighted by molar-refractivity contribution is -0.112. The van der Waals surface area contributed by atoms with Crippen LogP contribution in [0.15, 0.2) is 58.7 Å². The molecule has 0 aliphatic rings. The highest BCUT2D eigenvalue weighted by Gasteiger charge is 2.16. The molecule has 0 saturated heterocycles. The monoisotopic (exact) mass is 470 g/mol. The minimum atomic E-state index is -0.544. The predicted molar refractivity (Wildman–Crippen MR) is 119 cm³/mol. The van der Waals surface area contributed by atoms with E-state index in [0.717, 1.165) is 10.2 Å². The first-order chi connectivity index (χ1) is 13.9. The summed E-state index contributed by atoms with van der Waals surface area (Å²) in [6.45, 7) is 5.67. The average molecular weight is 472 g/mol. The molecule has 146 valence electrons. The van der Waals surface area contributed by atoms with Gasteiger partial charge in [-0.1, -0.05) is 40.2 Å². The Bertz CT molecular complexity index is 1160. The fourth-order valence-electron chi connectivity index (χ4n) is 2.71. The summed E-state index contributed by atoms with van der Waals surface area (Å²) in [5.74, 6) is -0.102. The van der Waals surface area contributed by atoms with E-state index < -0.39 is 5.91 Å². The number of carbonyl (C=O) groups is 1. The minimum Gasteiger partial charge on any atom is -0.492 e. The molecule has 3 rings (SSSR count). The number of rotatable bonds is 6. The van der Waals surface area contributed by atoms with Crippen molar-refractivity contribution in [2.75, 3.05) is 17.2 Å². The summed E-state index contributed by atoms with van der Waals surface area (Å²) in [7, 11) is 0. The zero-order chi connectivity index (χ0) is 21.0. The molecule has 0 unspecified atom stereocenters. The van der Waals surface area contributed by atoms with E-state index in [9.17, 15) is 10.1 Å². The number of hydrogen-bond acceptors (Lipinski definition) is 5. The number of fused-ring (bicyclic) bond motifs is 1. The van der Waals surface area contributed by atoms with Crippen molar-refractivity contribution in [3.8, 4) is 11.8 Å². The topological polar surface area (TPSA) is 87.0 Å². The largest absolute Gasteiger partial charge is 0.492 e. The third-order valence-electron chi connectivity index (χ3n) is 3.98. The van der Waals surface area contributed by atoms with Crippen LogP contribution in [0, 0.1) is 11.3 Å². The Balaban J connectivity index is 2.19. The first-order valence-corrected chi connectivity index (χ1v) is 9.78. The molecule has 0 radical (unpaired) electrons. The van der Waals surface area contributed by atoms with Crippen molar-refractivity contribution in [2.45, 2.75) is 6.92 Å². The van der Waals surface area contributed by atoms with Gasteiger partial charge in [0.1, 0.15) is 11.8 Å². The summed E-state index contributed by atoms with van der Waals surface area (Å²) in [5, 5.41) is 16.0. The molecule has 2 aromatic carbocycles. The molecule has 0 atom stereocenters. The second kappa shape index (κ2) is 8.95. The number of pyridine rings is 1. The van der Waals surface area contributed by atoms with Gasteiger partial charge in [-0.2, -0.15) is 5.26 Å². The third-order valence-corrected chi connectivity index (χ3v) is 4.64. The lowest BCUT2D eigenvalue weighted by Crippen LogP contribution is -2.12. The van der Waals surface area contributed by atoms with Crippen molar-refractivity contribution < 1.29 is 9.53 Å². The number of nitriles is 1. The van der Waals surface area contributed by atoms with E-state index in [1.807, 2.05) is 31.2 Å². The molecule has 3 aromatic rings. The van der Waals surface area contributed by atoms with Crippen LogP contribution in [0.2, 0.25) is 0 Å². The highest BCUT2D eigenvalue weighted by atomic mass is 79.9. The van der Waals surface area contributed by atoms with Crippen molar-refractivity contribution in [2.24, 2.45) is 0 Å². The fraction of sp³-hybridized carbons (Fsp3) is 0.0952. The highest BCUT2D eigenvalue weighted by molar-refractivity contribution is 9.10. The maximum atomic E-state index is 12.1. The number of nitrogens with zero attached hydrogens (tertiary/aromatic N) is 2. The van der Waals surface area contributed by atoms with Crippen molar-refractivity contribution >= 4 is 61.4 Å².